The van der Waals surface area contributed by atoms with Gasteiger partial charge in [-0.05, 0) is 57.9 Å². The van der Waals surface area contributed by atoms with Gasteiger partial charge in [0.15, 0.2) is 11.5 Å². The fraction of sp³-hybridized carbons (Fsp3) is 0.176. The number of carbonyl (C=O) groups excluding carboxylic acids is 1. The summed E-state index contributed by atoms with van der Waals surface area (Å²) >= 11 is 3.38. The van der Waals surface area contributed by atoms with Crippen LogP contribution in [0, 0.1) is 5.82 Å². The highest BCUT2D eigenvalue weighted by atomic mass is 79.9. The van der Waals surface area contributed by atoms with Gasteiger partial charge in [0.25, 0.3) is 5.91 Å². The van der Waals surface area contributed by atoms with Crippen molar-refractivity contribution in [2.24, 2.45) is 5.10 Å². The standard InChI is InChI=1S/C17H17BrFN3O3/c1-24-15-8-11(7-14(18)17(15)25-2)9-21-22-16(23)10-20-13-5-3-12(19)4-6-13/h3-9,20H,10H2,1-2H3,(H,22,23)/b21-9-. The lowest BCUT2D eigenvalue weighted by Gasteiger charge is -2.10. The first-order chi connectivity index (χ1) is 12.0. The molecule has 2 rings (SSSR count). The van der Waals surface area contributed by atoms with Crippen LogP contribution >= 0.6 is 15.9 Å². The fourth-order valence-corrected chi connectivity index (χ4v) is 2.60. The number of nitrogens with one attached hydrogen (secondary N) is 2. The van der Waals surface area contributed by atoms with Crippen molar-refractivity contribution in [2.75, 3.05) is 26.1 Å². The van der Waals surface area contributed by atoms with Gasteiger partial charge in [0.05, 0.1) is 31.5 Å². The maximum absolute atomic E-state index is 12.8. The molecule has 25 heavy (non-hydrogen) atoms. The number of hydrogen-bond acceptors (Lipinski definition) is 5. The molecule has 0 heterocycles. The molecule has 0 aliphatic rings. The van der Waals surface area contributed by atoms with Crippen molar-refractivity contribution < 1.29 is 18.7 Å². The largest absolute Gasteiger partial charge is 0.493 e. The third kappa shape index (κ3) is 5.46. The topological polar surface area (TPSA) is 72.0 Å². The average molecular weight is 410 g/mol. The first-order valence-corrected chi connectivity index (χ1v) is 8.05. The monoisotopic (exact) mass is 409 g/mol. The van der Waals surface area contributed by atoms with E-state index in [0.29, 0.717) is 21.7 Å². The number of carbonyl (C=O) groups is 1. The van der Waals surface area contributed by atoms with Gasteiger partial charge in [-0.25, -0.2) is 9.82 Å². The number of methoxy groups -OCH3 is 2. The molecule has 1 amide bonds. The van der Waals surface area contributed by atoms with E-state index in [2.05, 4.69) is 31.8 Å². The van der Waals surface area contributed by atoms with Crippen molar-refractivity contribution in [1.82, 2.24) is 5.43 Å². The van der Waals surface area contributed by atoms with E-state index in [9.17, 15) is 9.18 Å². The quantitative estimate of drug-likeness (QED) is 0.544. The lowest BCUT2D eigenvalue weighted by molar-refractivity contribution is -0.119. The molecule has 0 fully saturated rings. The molecule has 0 atom stereocenters. The summed E-state index contributed by atoms with van der Waals surface area (Å²) < 4.78 is 24.0. The van der Waals surface area contributed by atoms with Crippen LogP contribution in [0.4, 0.5) is 10.1 Å². The molecule has 2 aromatic rings. The number of anilines is 1. The Bertz CT molecular complexity index is 766. The number of rotatable bonds is 7. The Morgan fingerprint density at radius 1 is 1.24 bits per heavy atom. The molecule has 2 N–H and O–H groups in total. The van der Waals surface area contributed by atoms with Crippen molar-refractivity contribution >= 4 is 33.7 Å². The van der Waals surface area contributed by atoms with E-state index in [4.69, 9.17) is 9.47 Å². The van der Waals surface area contributed by atoms with Gasteiger partial charge >= 0.3 is 0 Å². The Labute approximate surface area is 153 Å². The summed E-state index contributed by atoms with van der Waals surface area (Å²) in [7, 11) is 3.08. The summed E-state index contributed by atoms with van der Waals surface area (Å²) in [6.45, 7) is 0.0125. The Hall–Kier alpha value is -2.61. The number of nitrogens with zero attached hydrogens (tertiary/aromatic N) is 1. The normalized spacial score (nSPS) is 10.6. The number of ether oxygens (including phenoxy) is 2. The van der Waals surface area contributed by atoms with Gasteiger partial charge in [-0.15, -0.1) is 0 Å². The lowest BCUT2D eigenvalue weighted by atomic mass is 10.2. The molecule has 0 radical (unpaired) electrons. The molecule has 0 aromatic heterocycles. The molecule has 0 unspecified atom stereocenters. The Morgan fingerprint density at radius 3 is 2.60 bits per heavy atom. The molecule has 0 bridgehead atoms. The molecule has 6 nitrogen and oxygen atoms in total. The minimum absolute atomic E-state index is 0.0125. The molecule has 0 aliphatic heterocycles. The third-order valence-corrected chi connectivity index (χ3v) is 3.75. The van der Waals surface area contributed by atoms with E-state index in [0.717, 1.165) is 5.56 Å². The van der Waals surface area contributed by atoms with Crippen molar-refractivity contribution in [3.8, 4) is 11.5 Å². The highest BCUT2D eigenvalue weighted by Gasteiger charge is 2.09. The third-order valence-electron chi connectivity index (χ3n) is 3.16. The van der Waals surface area contributed by atoms with E-state index < -0.39 is 0 Å². The van der Waals surface area contributed by atoms with Gasteiger partial charge in [-0.2, -0.15) is 5.10 Å². The molecule has 2 aromatic carbocycles. The van der Waals surface area contributed by atoms with Crippen LogP contribution in [-0.4, -0.2) is 32.9 Å². The first-order valence-electron chi connectivity index (χ1n) is 7.26. The number of halogens is 2. The van der Waals surface area contributed by atoms with E-state index >= 15 is 0 Å². The van der Waals surface area contributed by atoms with E-state index in [-0.39, 0.29) is 18.3 Å². The second-order valence-corrected chi connectivity index (χ2v) is 5.75. The summed E-state index contributed by atoms with van der Waals surface area (Å²) in [5, 5.41) is 6.76. The highest BCUT2D eigenvalue weighted by molar-refractivity contribution is 9.10. The second-order valence-electron chi connectivity index (χ2n) is 4.89. The molecule has 132 valence electrons. The molecule has 0 spiro atoms. The van der Waals surface area contributed by atoms with Gasteiger partial charge in [0.1, 0.15) is 5.82 Å². The van der Waals surface area contributed by atoms with Gasteiger partial charge < -0.3 is 14.8 Å². The first kappa shape index (κ1) is 18.7. The zero-order chi connectivity index (χ0) is 18.2. The predicted octanol–water partition coefficient (Wildman–Crippen LogP) is 3.17. The van der Waals surface area contributed by atoms with Gasteiger partial charge in [-0.1, -0.05) is 0 Å². The Morgan fingerprint density at radius 2 is 1.96 bits per heavy atom. The van der Waals surface area contributed by atoms with Crippen LogP contribution in [0.1, 0.15) is 5.56 Å². The zero-order valence-electron chi connectivity index (χ0n) is 13.7. The summed E-state index contributed by atoms with van der Waals surface area (Å²) in [5.74, 6) is 0.454. The van der Waals surface area contributed by atoms with Crippen molar-refractivity contribution in [1.29, 1.82) is 0 Å². The van der Waals surface area contributed by atoms with Crippen LogP contribution in [0.5, 0.6) is 11.5 Å². The van der Waals surface area contributed by atoms with Crippen LogP contribution in [0.25, 0.3) is 0 Å². The fourth-order valence-electron chi connectivity index (χ4n) is 1.98. The minimum Gasteiger partial charge on any atom is -0.493 e. The zero-order valence-corrected chi connectivity index (χ0v) is 15.3. The van der Waals surface area contributed by atoms with Crippen LogP contribution in [0.15, 0.2) is 46.0 Å². The average Bonchev–Trinajstić information content (AvgIpc) is 2.60. The van der Waals surface area contributed by atoms with Crippen LogP contribution in [0.3, 0.4) is 0 Å². The Balaban J connectivity index is 1.90. The number of hydrazone groups is 1. The van der Waals surface area contributed by atoms with Gasteiger partial charge in [0, 0.05) is 5.69 Å². The maximum Gasteiger partial charge on any atom is 0.259 e. The van der Waals surface area contributed by atoms with E-state index in [1.54, 1.807) is 31.4 Å². The predicted molar refractivity (Wildman–Crippen MR) is 97.9 cm³/mol. The van der Waals surface area contributed by atoms with Crippen molar-refractivity contribution in [2.45, 2.75) is 0 Å². The molecular formula is C17H17BrFN3O3. The Kier molecular flexibility index (Phi) is 6.76. The lowest BCUT2D eigenvalue weighted by Crippen LogP contribution is -2.25. The molecule has 8 heteroatoms. The van der Waals surface area contributed by atoms with Gasteiger partial charge in [-0.3, -0.25) is 4.79 Å². The van der Waals surface area contributed by atoms with E-state index in [1.165, 1.54) is 25.5 Å². The summed E-state index contributed by atoms with van der Waals surface area (Å²) in [4.78, 5) is 11.7. The highest BCUT2D eigenvalue weighted by Crippen LogP contribution is 2.35. The molecule has 0 aliphatic carbocycles. The number of hydrogen-bond donors (Lipinski definition) is 2. The SMILES string of the molecule is COc1cc(/C=N\NC(=O)CNc2ccc(F)cc2)cc(Br)c1OC. The van der Waals surface area contributed by atoms with Crippen molar-refractivity contribution in [3.05, 3.63) is 52.3 Å². The smallest absolute Gasteiger partial charge is 0.259 e. The summed E-state index contributed by atoms with van der Waals surface area (Å²) in [6.07, 6.45) is 1.49. The molecule has 0 saturated heterocycles. The minimum atomic E-state index is -0.333. The summed E-state index contributed by atoms with van der Waals surface area (Å²) in [6, 6.07) is 9.24. The van der Waals surface area contributed by atoms with E-state index in [1.807, 2.05) is 0 Å². The second kappa shape index (κ2) is 9.03. The van der Waals surface area contributed by atoms with Gasteiger partial charge in [0.2, 0.25) is 0 Å². The van der Waals surface area contributed by atoms with Crippen LogP contribution in [0.2, 0.25) is 0 Å². The number of benzene rings is 2. The van der Waals surface area contributed by atoms with Crippen LogP contribution in [-0.2, 0) is 4.79 Å². The molecular weight excluding hydrogens is 393 g/mol. The maximum atomic E-state index is 12.8. The van der Waals surface area contributed by atoms with Crippen LogP contribution < -0.4 is 20.2 Å². The van der Waals surface area contributed by atoms with Crippen molar-refractivity contribution in [3.63, 3.8) is 0 Å². The summed E-state index contributed by atoms with van der Waals surface area (Å²) in [5.41, 5.74) is 3.77. The number of amides is 1. The molecule has 0 saturated carbocycles.